The molecule has 21 heavy (non-hydrogen) atoms. The number of rotatable bonds is 4. The highest BCUT2D eigenvalue weighted by atomic mass is 16.5. The number of benzene rings is 2. The molecule has 0 N–H and O–H groups in total. The molecule has 3 rings (SSSR count). The molecule has 1 heterocycles. The van der Waals surface area contributed by atoms with Crippen LogP contribution in [-0.4, -0.2) is 13.1 Å². The Morgan fingerprint density at radius 3 is 2.67 bits per heavy atom. The smallest absolute Gasteiger partial charge is 0.339 e. The molecule has 0 atom stereocenters. The highest BCUT2D eigenvalue weighted by molar-refractivity contribution is 6.03. The molecular weight excluding hydrogens is 268 g/mol. The number of furan rings is 1. The summed E-state index contributed by atoms with van der Waals surface area (Å²) in [5.41, 5.74) is 2.09. The summed E-state index contributed by atoms with van der Waals surface area (Å²) in [4.78, 5) is 12.2. The third kappa shape index (κ3) is 2.74. The molecule has 0 radical (unpaired) electrons. The molecule has 3 aromatic rings. The normalized spacial score (nSPS) is 10.5. The Balaban J connectivity index is 1.72. The first kappa shape index (κ1) is 13.2. The summed E-state index contributed by atoms with van der Waals surface area (Å²) in [7, 11) is 1.61. The molecule has 0 aliphatic carbocycles. The zero-order valence-electron chi connectivity index (χ0n) is 11.5. The second kappa shape index (κ2) is 5.71. The summed E-state index contributed by atoms with van der Waals surface area (Å²) >= 11 is 0. The van der Waals surface area contributed by atoms with E-state index in [1.54, 1.807) is 31.6 Å². The van der Waals surface area contributed by atoms with Crippen molar-refractivity contribution in [3.8, 4) is 5.75 Å². The SMILES string of the molecule is COc1ccc(COC(=O)c2cccc3occc23)cc1. The highest BCUT2D eigenvalue weighted by Crippen LogP contribution is 2.21. The Morgan fingerprint density at radius 2 is 1.90 bits per heavy atom. The minimum absolute atomic E-state index is 0.219. The second-order valence-corrected chi connectivity index (χ2v) is 4.56. The molecule has 4 nitrogen and oxygen atoms in total. The van der Waals surface area contributed by atoms with Crippen LogP contribution in [0.15, 0.2) is 59.2 Å². The predicted molar refractivity (Wildman–Crippen MR) is 78.3 cm³/mol. The van der Waals surface area contributed by atoms with Crippen LogP contribution in [0.4, 0.5) is 0 Å². The number of methoxy groups -OCH3 is 1. The Hall–Kier alpha value is -2.75. The average molecular weight is 282 g/mol. The van der Waals surface area contributed by atoms with Crippen LogP contribution in [0.3, 0.4) is 0 Å². The molecule has 0 saturated carbocycles. The van der Waals surface area contributed by atoms with E-state index >= 15 is 0 Å². The fourth-order valence-electron chi connectivity index (χ4n) is 2.12. The third-order valence-corrected chi connectivity index (χ3v) is 3.24. The van der Waals surface area contributed by atoms with Gasteiger partial charge in [-0.05, 0) is 35.9 Å². The van der Waals surface area contributed by atoms with Crippen molar-refractivity contribution in [1.82, 2.24) is 0 Å². The van der Waals surface area contributed by atoms with E-state index in [0.717, 1.165) is 16.7 Å². The predicted octanol–water partition coefficient (Wildman–Crippen LogP) is 3.80. The fraction of sp³-hybridized carbons (Fsp3) is 0.118. The summed E-state index contributed by atoms with van der Waals surface area (Å²) in [6, 6.07) is 14.5. The standard InChI is InChI=1S/C17H14O4/c1-19-13-7-5-12(6-8-13)11-21-17(18)15-3-2-4-16-14(15)9-10-20-16/h2-10H,11H2,1H3. The van der Waals surface area contributed by atoms with Gasteiger partial charge < -0.3 is 13.9 Å². The zero-order valence-corrected chi connectivity index (χ0v) is 11.5. The van der Waals surface area contributed by atoms with Gasteiger partial charge >= 0.3 is 5.97 Å². The summed E-state index contributed by atoms with van der Waals surface area (Å²) < 4.78 is 15.7. The maximum absolute atomic E-state index is 12.2. The number of esters is 1. The van der Waals surface area contributed by atoms with E-state index in [0.29, 0.717) is 11.1 Å². The first-order valence-electron chi connectivity index (χ1n) is 6.54. The minimum Gasteiger partial charge on any atom is -0.497 e. The number of ether oxygens (including phenoxy) is 2. The molecule has 0 aliphatic heterocycles. The van der Waals surface area contributed by atoms with Crippen LogP contribution < -0.4 is 4.74 Å². The third-order valence-electron chi connectivity index (χ3n) is 3.24. The van der Waals surface area contributed by atoms with Gasteiger partial charge in [-0.3, -0.25) is 0 Å². The topological polar surface area (TPSA) is 48.7 Å². The molecule has 0 unspecified atom stereocenters. The molecule has 2 aromatic carbocycles. The summed E-state index contributed by atoms with van der Waals surface area (Å²) in [6.07, 6.45) is 1.56. The van der Waals surface area contributed by atoms with Gasteiger partial charge in [0.2, 0.25) is 0 Å². The number of hydrogen-bond acceptors (Lipinski definition) is 4. The lowest BCUT2D eigenvalue weighted by Gasteiger charge is -2.06. The summed E-state index contributed by atoms with van der Waals surface area (Å²) in [5.74, 6) is 0.408. The van der Waals surface area contributed by atoms with E-state index in [1.807, 2.05) is 30.3 Å². The van der Waals surface area contributed by atoms with Crippen molar-refractivity contribution in [2.45, 2.75) is 6.61 Å². The van der Waals surface area contributed by atoms with Crippen LogP contribution in [-0.2, 0) is 11.3 Å². The Labute approximate surface area is 121 Å². The lowest BCUT2D eigenvalue weighted by atomic mass is 10.1. The van der Waals surface area contributed by atoms with Gasteiger partial charge in [-0.15, -0.1) is 0 Å². The van der Waals surface area contributed by atoms with Crippen LogP contribution in [0, 0.1) is 0 Å². The fourth-order valence-corrected chi connectivity index (χ4v) is 2.12. The second-order valence-electron chi connectivity index (χ2n) is 4.56. The van der Waals surface area contributed by atoms with E-state index in [2.05, 4.69) is 0 Å². The molecule has 0 amide bonds. The average Bonchev–Trinajstić information content (AvgIpc) is 3.01. The first-order valence-corrected chi connectivity index (χ1v) is 6.54. The molecule has 0 bridgehead atoms. The van der Waals surface area contributed by atoms with Crippen molar-refractivity contribution < 1.29 is 18.7 Å². The number of hydrogen-bond donors (Lipinski definition) is 0. The van der Waals surface area contributed by atoms with Crippen molar-refractivity contribution in [3.63, 3.8) is 0 Å². The Morgan fingerprint density at radius 1 is 1.10 bits per heavy atom. The van der Waals surface area contributed by atoms with Gasteiger partial charge in [0.25, 0.3) is 0 Å². The van der Waals surface area contributed by atoms with E-state index in [9.17, 15) is 4.79 Å². The maximum atomic E-state index is 12.2. The monoisotopic (exact) mass is 282 g/mol. The molecule has 0 fully saturated rings. The van der Waals surface area contributed by atoms with Crippen molar-refractivity contribution >= 4 is 16.9 Å². The van der Waals surface area contributed by atoms with Gasteiger partial charge in [0.15, 0.2) is 0 Å². The quantitative estimate of drug-likeness (QED) is 0.683. The molecule has 0 saturated heterocycles. The lowest BCUT2D eigenvalue weighted by Crippen LogP contribution is -2.05. The Bertz CT molecular complexity index is 756. The van der Waals surface area contributed by atoms with Crippen LogP contribution in [0.1, 0.15) is 15.9 Å². The Kier molecular flexibility index (Phi) is 3.60. The van der Waals surface area contributed by atoms with Crippen molar-refractivity contribution in [3.05, 3.63) is 65.9 Å². The van der Waals surface area contributed by atoms with Gasteiger partial charge in [-0.1, -0.05) is 18.2 Å². The number of carbonyl (C=O) groups excluding carboxylic acids is 1. The van der Waals surface area contributed by atoms with E-state index < -0.39 is 0 Å². The van der Waals surface area contributed by atoms with Gasteiger partial charge in [-0.25, -0.2) is 4.79 Å². The minimum atomic E-state index is -0.363. The van der Waals surface area contributed by atoms with E-state index in [4.69, 9.17) is 13.9 Å². The van der Waals surface area contributed by atoms with Crippen molar-refractivity contribution in [2.75, 3.05) is 7.11 Å². The molecule has 1 aromatic heterocycles. The number of fused-ring (bicyclic) bond motifs is 1. The van der Waals surface area contributed by atoms with Crippen LogP contribution >= 0.6 is 0 Å². The number of carbonyl (C=O) groups is 1. The van der Waals surface area contributed by atoms with Gasteiger partial charge in [-0.2, -0.15) is 0 Å². The van der Waals surface area contributed by atoms with E-state index in [1.165, 1.54) is 0 Å². The van der Waals surface area contributed by atoms with E-state index in [-0.39, 0.29) is 12.6 Å². The van der Waals surface area contributed by atoms with Crippen molar-refractivity contribution in [2.24, 2.45) is 0 Å². The van der Waals surface area contributed by atoms with Crippen LogP contribution in [0.5, 0.6) is 5.75 Å². The maximum Gasteiger partial charge on any atom is 0.339 e. The van der Waals surface area contributed by atoms with Gasteiger partial charge in [0.1, 0.15) is 17.9 Å². The molecular formula is C17H14O4. The summed E-state index contributed by atoms with van der Waals surface area (Å²) in [5, 5.41) is 0.761. The molecule has 0 spiro atoms. The van der Waals surface area contributed by atoms with Gasteiger partial charge in [0.05, 0.1) is 18.9 Å². The zero-order chi connectivity index (χ0) is 14.7. The summed E-state index contributed by atoms with van der Waals surface area (Å²) in [6.45, 7) is 0.219. The van der Waals surface area contributed by atoms with Gasteiger partial charge in [0, 0.05) is 5.39 Å². The van der Waals surface area contributed by atoms with Crippen LogP contribution in [0.2, 0.25) is 0 Å². The largest absolute Gasteiger partial charge is 0.497 e. The molecule has 0 aliphatic rings. The molecule has 106 valence electrons. The molecule has 4 heteroatoms. The van der Waals surface area contributed by atoms with Crippen LogP contribution in [0.25, 0.3) is 11.0 Å². The highest BCUT2D eigenvalue weighted by Gasteiger charge is 2.12. The van der Waals surface area contributed by atoms with Crippen molar-refractivity contribution in [1.29, 1.82) is 0 Å². The first-order chi connectivity index (χ1) is 10.3. The lowest BCUT2D eigenvalue weighted by molar-refractivity contribution is 0.0475.